The Labute approximate surface area is 156 Å². The Kier molecular flexibility index (Phi) is 6.32. The highest BCUT2D eigenvalue weighted by Gasteiger charge is 2.26. The van der Waals surface area contributed by atoms with E-state index in [2.05, 4.69) is 11.6 Å². The maximum absolute atomic E-state index is 12.8. The number of nitrogens with zero attached hydrogens (tertiary/aromatic N) is 1. The first-order chi connectivity index (χ1) is 12.5. The van der Waals surface area contributed by atoms with Gasteiger partial charge >= 0.3 is 0 Å². The van der Waals surface area contributed by atoms with Gasteiger partial charge in [0.2, 0.25) is 10.0 Å². The van der Waals surface area contributed by atoms with Crippen LogP contribution in [-0.4, -0.2) is 51.1 Å². The fraction of sp³-hybridized carbons (Fsp3) is 0.632. The van der Waals surface area contributed by atoms with Gasteiger partial charge in [0.15, 0.2) is 0 Å². The highest BCUT2D eigenvalue weighted by molar-refractivity contribution is 7.89. The highest BCUT2D eigenvalue weighted by atomic mass is 32.2. The molecule has 0 spiro atoms. The van der Waals surface area contributed by atoms with Crippen molar-refractivity contribution in [3.8, 4) is 0 Å². The Bertz CT molecular complexity index is 712. The van der Waals surface area contributed by atoms with Crippen LogP contribution in [-0.2, 0) is 14.8 Å². The van der Waals surface area contributed by atoms with Gasteiger partial charge in [-0.3, -0.25) is 4.79 Å². The molecule has 26 heavy (non-hydrogen) atoms. The van der Waals surface area contributed by atoms with E-state index < -0.39 is 10.0 Å². The smallest absolute Gasteiger partial charge is 0.254 e. The van der Waals surface area contributed by atoms with Crippen molar-refractivity contribution in [2.24, 2.45) is 0 Å². The van der Waals surface area contributed by atoms with Crippen molar-refractivity contribution in [2.75, 3.05) is 19.7 Å². The molecule has 0 saturated carbocycles. The molecule has 0 bridgehead atoms. The number of rotatable bonds is 6. The van der Waals surface area contributed by atoms with Gasteiger partial charge in [-0.15, -0.1) is 0 Å². The number of carbonyl (C=O) groups is 1. The van der Waals surface area contributed by atoms with E-state index in [1.165, 1.54) is 12.1 Å². The molecule has 3 rings (SSSR count). The predicted octanol–water partition coefficient (Wildman–Crippen LogP) is 2.55. The van der Waals surface area contributed by atoms with E-state index in [1.807, 2.05) is 4.90 Å². The van der Waals surface area contributed by atoms with Gasteiger partial charge in [0.1, 0.15) is 0 Å². The van der Waals surface area contributed by atoms with Crippen LogP contribution in [0.3, 0.4) is 0 Å². The van der Waals surface area contributed by atoms with Gasteiger partial charge in [-0.25, -0.2) is 13.1 Å². The molecule has 1 N–H and O–H groups in total. The van der Waals surface area contributed by atoms with Crippen molar-refractivity contribution < 1.29 is 17.9 Å². The van der Waals surface area contributed by atoms with Crippen LogP contribution in [0.5, 0.6) is 0 Å². The summed E-state index contributed by atoms with van der Waals surface area (Å²) in [5.41, 5.74) is 0.545. The molecule has 2 fully saturated rings. The molecular formula is C19H28N2O4S. The number of amides is 1. The minimum Gasteiger partial charge on any atom is -0.377 e. The molecule has 1 aromatic rings. The summed E-state index contributed by atoms with van der Waals surface area (Å²) < 4.78 is 32.9. The molecule has 2 aliphatic heterocycles. The molecule has 2 aliphatic rings. The molecule has 2 atom stereocenters. The molecular weight excluding hydrogens is 352 g/mol. The molecule has 0 aromatic heterocycles. The Morgan fingerprint density at radius 2 is 1.96 bits per heavy atom. The third kappa shape index (κ3) is 4.45. The summed E-state index contributed by atoms with van der Waals surface area (Å²) in [5, 5.41) is 0. The van der Waals surface area contributed by atoms with Crippen molar-refractivity contribution in [1.29, 1.82) is 0 Å². The second-order valence-corrected chi connectivity index (χ2v) is 8.83. The number of sulfonamides is 1. The number of hydrogen-bond acceptors (Lipinski definition) is 4. The fourth-order valence-electron chi connectivity index (χ4n) is 3.73. The van der Waals surface area contributed by atoms with E-state index in [4.69, 9.17) is 4.74 Å². The summed E-state index contributed by atoms with van der Waals surface area (Å²) in [6.07, 6.45) is 5.99. The quantitative estimate of drug-likeness (QED) is 0.823. The minimum absolute atomic E-state index is 0.00665. The number of hydrogen-bond donors (Lipinski definition) is 1. The molecule has 2 saturated heterocycles. The highest BCUT2D eigenvalue weighted by Crippen LogP contribution is 2.22. The van der Waals surface area contributed by atoms with Crippen LogP contribution < -0.4 is 4.72 Å². The van der Waals surface area contributed by atoms with Crippen LogP contribution in [0.2, 0.25) is 0 Å². The molecule has 2 unspecified atom stereocenters. The predicted molar refractivity (Wildman–Crippen MR) is 99.6 cm³/mol. The van der Waals surface area contributed by atoms with Gasteiger partial charge in [0, 0.05) is 31.3 Å². The lowest BCUT2D eigenvalue weighted by Gasteiger charge is -2.35. The van der Waals surface area contributed by atoms with Crippen LogP contribution in [0.4, 0.5) is 0 Å². The lowest BCUT2D eigenvalue weighted by atomic mass is 9.99. The Morgan fingerprint density at radius 1 is 1.19 bits per heavy atom. The summed E-state index contributed by atoms with van der Waals surface area (Å²) in [4.78, 5) is 14.9. The summed E-state index contributed by atoms with van der Waals surface area (Å²) in [6.45, 7) is 3.86. The van der Waals surface area contributed by atoms with Crippen LogP contribution in [0, 0.1) is 0 Å². The zero-order valence-electron chi connectivity index (χ0n) is 15.3. The molecule has 144 valence electrons. The number of benzene rings is 1. The van der Waals surface area contributed by atoms with E-state index in [0.29, 0.717) is 12.2 Å². The number of ether oxygens (including phenoxy) is 1. The Morgan fingerprint density at radius 3 is 2.62 bits per heavy atom. The lowest BCUT2D eigenvalue weighted by molar-refractivity contribution is 0.0608. The first-order valence-corrected chi connectivity index (χ1v) is 11.0. The normalized spacial score (nSPS) is 24.0. The third-order valence-corrected chi connectivity index (χ3v) is 6.74. The van der Waals surface area contributed by atoms with Gasteiger partial charge < -0.3 is 9.64 Å². The van der Waals surface area contributed by atoms with Gasteiger partial charge in [-0.1, -0.05) is 6.92 Å². The van der Waals surface area contributed by atoms with Gasteiger partial charge in [0.25, 0.3) is 5.91 Å². The lowest BCUT2D eigenvalue weighted by Crippen LogP contribution is -2.43. The first kappa shape index (κ1) is 19.3. The van der Waals surface area contributed by atoms with E-state index in [1.54, 1.807) is 12.1 Å². The number of carbonyl (C=O) groups excluding carboxylic acids is 1. The molecule has 0 radical (unpaired) electrons. The van der Waals surface area contributed by atoms with E-state index in [-0.39, 0.29) is 29.5 Å². The molecule has 7 heteroatoms. The molecule has 6 nitrogen and oxygen atoms in total. The van der Waals surface area contributed by atoms with Gasteiger partial charge in [-0.2, -0.15) is 0 Å². The van der Waals surface area contributed by atoms with E-state index >= 15 is 0 Å². The second-order valence-electron chi connectivity index (χ2n) is 7.07. The summed E-state index contributed by atoms with van der Waals surface area (Å²) in [7, 11) is -3.59. The van der Waals surface area contributed by atoms with Crippen LogP contribution in [0.1, 0.15) is 55.8 Å². The van der Waals surface area contributed by atoms with E-state index in [0.717, 1.165) is 45.1 Å². The number of piperidine rings is 1. The molecule has 0 aliphatic carbocycles. The molecule has 1 aromatic carbocycles. The average molecular weight is 381 g/mol. The largest absolute Gasteiger partial charge is 0.377 e. The van der Waals surface area contributed by atoms with Crippen molar-refractivity contribution in [3.63, 3.8) is 0 Å². The van der Waals surface area contributed by atoms with E-state index in [9.17, 15) is 13.2 Å². The maximum atomic E-state index is 12.8. The first-order valence-electron chi connectivity index (χ1n) is 9.53. The SMILES string of the molecule is CCC1CCCCN1C(=O)c1ccc(S(=O)(=O)NCC2CCCO2)cc1. The zero-order valence-corrected chi connectivity index (χ0v) is 16.1. The third-order valence-electron chi connectivity index (χ3n) is 5.30. The summed E-state index contributed by atoms with van der Waals surface area (Å²) in [6, 6.07) is 6.54. The van der Waals surface area contributed by atoms with Crippen molar-refractivity contribution in [3.05, 3.63) is 29.8 Å². The number of nitrogens with one attached hydrogen (secondary N) is 1. The van der Waals surface area contributed by atoms with Gasteiger partial charge in [0.05, 0.1) is 11.0 Å². The van der Waals surface area contributed by atoms with Crippen LogP contribution in [0.25, 0.3) is 0 Å². The second kappa shape index (κ2) is 8.50. The van der Waals surface area contributed by atoms with Crippen LogP contribution >= 0.6 is 0 Å². The monoisotopic (exact) mass is 380 g/mol. The molecule has 1 amide bonds. The Hall–Kier alpha value is -1.44. The van der Waals surface area contributed by atoms with Crippen molar-refractivity contribution in [2.45, 2.75) is 62.5 Å². The summed E-state index contributed by atoms with van der Waals surface area (Å²) in [5.74, 6) is -0.00665. The molecule has 2 heterocycles. The minimum atomic E-state index is -3.59. The number of likely N-dealkylation sites (tertiary alicyclic amines) is 1. The zero-order chi connectivity index (χ0) is 18.6. The average Bonchev–Trinajstić information content (AvgIpc) is 3.20. The summed E-state index contributed by atoms with van der Waals surface area (Å²) >= 11 is 0. The van der Waals surface area contributed by atoms with Gasteiger partial charge in [-0.05, 0) is 62.8 Å². The Balaban J connectivity index is 1.66. The van der Waals surface area contributed by atoms with Crippen molar-refractivity contribution in [1.82, 2.24) is 9.62 Å². The fourth-order valence-corrected chi connectivity index (χ4v) is 4.79. The topological polar surface area (TPSA) is 75.7 Å². The maximum Gasteiger partial charge on any atom is 0.254 e. The van der Waals surface area contributed by atoms with Crippen LogP contribution in [0.15, 0.2) is 29.2 Å². The standard InChI is InChI=1S/C19H28N2O4S/c1-2-16-6-3-4-12-21(16)19(22)15-8-10-18(11-9-15)26(23,24)20-14-17-7-5-13-25-17/h8-11,16-17,20H,2-7,12-14H2,1H3. The van der Waals surface area contributed by atoms with Crippen molar-refractivity contribution >= 4 is 15.9 Å².